The first-order valence-corrected chi connectivity index (χ1v) is 11.0. The number of benzene rings is 2. The van der Waals surface area contributed by atoms with Crippen LogP contribution in [0.1, 0.15) is 55.8 Å². The van der Waals surface area contributed by atoms with E-state index < -0.39 is 6.10 Å². The van der Waals surface area contributed by atoms with E-state index in [4.69, 9.17) is 4.74 Å². The van der Waals surface area contributed by atoms with Gasteiger partial charge in [0, 0.05) is 19.0 Å². The first-order valence-electron chi connectivity index (χ1n) is 11.0. The van der Waals surface area contributed by atoms with Crippen molar-refractivity contribution in [1.82, 2.24) is 10.2 Å². The van der Waals surface area contributed by atoms with Crippen molar-refractivity contribution in [3.8, 4) is 5.75 Å². The molecule has 2 unspecified atom stereocenters. The average molecular weight is 407 g/mol. The molecule has 0 bridgehead atoms. The van der Waals surface area contributed by atoms with Gasteiger partial charge >= 0.3 is 0 Å². The van der Waals surface area contributed by atoms with E-state index >= 15 is 0 Å². The average Bonchev–Trinajstić information content (AvgIpc) is 3.62. The Morgan fingerprint density at radius 2 is 1.90 bits per heavy atom. The van der Waals surface area contributed by atoms with E-state index in [1.807, 2.05) is 49.1 Å². The highest BCUT2D eigenvalue weighted by molar-refractivity contribution is 5.82. The molecule has 158 valence electrons. The maximum Gasteiger partial charge on any atom is 0.261 e. The SMILES string of the molecule is CCNC(=O)C(CC)Oc1ccc2c(c1)C(c1ccccc1)N(C(=O)C1CC1)CC2. The molecule has 1 heterocycles. The standard InChI is InChI=1S/C25H30N2O3/c1-3-22(24(28)26-4-2)30-20-13-12-17-14-15-27(25(29)19-10-11-19)23(21(17)16-20)18-8-6-5-7-9-18/h5-9,12-13,16,19,22-23H,3-4,10-11,14-15H2,1-2H3,(H,26,28). The summed E-state index contributed by atoms with van der Waals surface area (Å²) in [6.45, 7) is 5.16. The highest BCUT2D eigenvalue weighted by atomic mass is 16.5. The van der Waals surface area contributed by atoms with Gasteiger partial charge in [-0.1, -0.05) is 43.3 Å². The maximum absolute atomic E-state index is 13.1. The summed E-state index contributed by atoms with van der Waals surface area (Å²) in [5.74, 6) is 1.02. The first kappa shape index (κ1) is 20.5. The number of rotatable bonds is 7. The zero-order chi connectivity index (χ0) is 21.1. The number of fused-ring (bicyclic) bond motifs is 1. The van der Waals surface area contributed by atoms with Crippen LogP contribution in [0.4, 0.5) is 0 Å². The fraction of sp³-hybridized carbons (Fsp3) is 0.440. The van der Waals surface area contributed by atoms with Gasteiger partial charge in [0.15, 0.2) is 6.10 Å². The molecule has 2 atom stereocenters. The Kier molecular flexibility index (Phi) is 6.07. The van der Waals surface area contributed by atoms with Crippen LogP contribution < -0.4 is 10.1 Å². The minimum atomic E-state index is -0.522. The van der Waals surface area contributed by atoms with E-state index in [0.717, 1.165) is 36.9 Å². The van der Waals surface area contributed by atoms with E-state index in [2.05, 4.69) is 23.5 Å². The van der Waals surface area contributed by atoms with Crippen molar-refractivity contribution in [1.29, 1.82) is 0 Å². The zero-order valence-corrected chi connectivity index (χ0v) is 17.8. The number of nitrogens with one attached hydrogen (secondary N) is 1. The monoisotopic (exact) mass is 406 g/mol. The van der Waals surface area contributed by atoms with Gasteiger partial charge < -0.3 is 15.0 Å². The number of carbonyl (C=O) groups is 2. The van der Waals surface area contributed by atoms with Crippen molar-refractivity contribution in [2.45, 2.75) is 51.7 Å². The molecule has 1 aliphatic heterocycles. The van der Waals surface area contributed by atoms with Gasteiger partial charge in [-0.2, -0.15) is 0 Å². The van der Waals surface area contributed by atoms with Crippen molar-refractivity contribution >= 4 is 11.8 Å². The van der Waals surface area contributed by atoms with Crippen LogP contribution in [0.25, 0.3) is 0 Å². The minimum Gasteiger partial charge on any atom is -0.481 e. The van der Waals surface area contributed by atoms with Gasteiger partial charge in [-0.3, -0.25) is 9.59 Å². The Morgan fingerprint density at radius 3 is 2.57 bits per heavy atom. The molecule has 0 aromatic heterocycles. The van der Waals surface area contributed by atoms with E-state index in [1.165, 1.54) is 5.56 Å². The maximum atomic E-state index is 13.1. The summed E-state index contributed by atoms with van der Waals surface area (Å²) in [7, 11) is 0. The van der Waals surface area contributed by atoms with Crippen LogP contribution in [0, 0.1) is 5.92 Å². The highest BCUT2D eigenvalue weighted by Crippen LogP contribution is 2.41. The summed E-state index contributed by atoms with van der Waals surface area (Å²) < 4.78 is 6.07. The summed E-state index contributed by atoms with van der Waals surface area (Å²) in [6.07, 6.45) is 2.91. The van der Waals surface area contributed by atoms with Crippen LogP contribution in [-0.2, 0) is 16.0 Å². The molecule has 1 fully saturated rings. The Hall–Kier alpha value is -2.82. The second-order valence-corrected chi connectivity index (χ2v) is 8.14. The lowest BCUT2D eigenvalue weighted by Gasteiger charge is -2.38. The quantitative estimate of drug-likeness (QED) is 0.760. The van der Waals surface area contributed by atoms with Crippen LogP contribution in [0.15, 0.2) is 48.5 Å². The molecule has 1 aliphatic carbocycles. The topological polar surface area (TPSA) is 58.6 Å². The van der Waals surface area contributed by atoms with Crippen LogP contribution in [-0.4, -0.2) is 35.9 Å². The van der Waals surface area contributed by atoms with Gasteiger partial charge in [-0.25, -0.2) is 0 Å². The van der Waals surface area contributed by atoms with Crippen LogP contribution in [0.5, 0.6) is 5.75 Å². The third-order valence-electron chi connectivity index (χ3n) is 5.96. The van der Waals surface area contributed by atoms with Gasteiger partial charge in [0.1, 0.15) is 5.75 Å². The minimum absolute atomic E-state index is 0.0946. The Morgan fingerprint density at radius 1 is 1.13 bits per heavy atom. The molecule has 4 rings (SSSR count). The number of nitrogens with zero attached hydrogens (tertiary/aromatic N) is 1. The predicted molar refractivity (Wildman–Crippen MR) is 116 cm³/mol. The molecule has 30 heavy (non-hydrogen) atoms. The second kappa shape index (κ2) is 8.90. The molecule has 1 N–H and O–H groups in total. The lowest BCUT2D eigenvalue weighted by molar-refractivity contribution is -0.134. The van der Waals surface area contributed by atoms with Gasteiger partial charge in [-0.15, -0.1) is 0 Å². The molecule has 0 spiro atoms. The third-order valence-corrected chi connectivity index (χ3v) is 5.96. The van der Waals surface area contributed by atoms with E-state index in [0.29, 0.717) is 18.7 Å². The van der Waals surface area contributed by atoms with E-state index in [9.17, 15) is 9.59 Å². The third kappa shape index (κ3) is 4.20. The summed E-state index contributed by atoms with van der Waals surface area (Å²) in [4.78, 5) is 27.4. The van der Waals surface area contributed by atoms with Crippen LogP contribution in [0.3, 0.4) is 0 Å². The number of ether oxygens (including phenoxy) is 1. The molecule has 5 heteroatoms. The van der Waals surface area contributed by atoms with Crippen LogP contribution in [0.2, 0.25) is 0 Å². The molecule has 0 radical (unpaired) electrons. The van der Waals surface area contributed by atoms with Crippen molar-refractivity contribution in [3.63, 3.8) is 0 Å². The molecule has 2 amide bonds. The van der Waals surface area contributed by atoms with Crippen molar-refractivity contribution in [2.75, 3.05) is 13.1 Å². The van der Waals surface area contributed by atoms with Crippen molar-refractivity contribution in [3.05, 3.63) is 65.2 Å². The molecular formula is C25H30N2O3. The lowest BCUT2D eigenvalue weighted by atomic mass is 9.87. The van der Waals surface area contributed by atoms with E-state index in [1.54, 1.807) is 0 Å². The largest absolute Gasteiger partial charge is 0.481 e. The highest BCUT2D eigenvalue weighted by Gasteiger charge is 2.39. The fourth-order valence-electron chi connectivity index (χ4n) is 4.24. The summed E-state index contributed by atoms with van der Waals surface area (Å²) in [5.41, 5.74) is 3.45. The van der Waals surface area contributed by atoms with Crippen LogP contribution >= 0.6 is 0 Å². The summed E-state index contributed by atoms with van der Waals surface area (Å²) >= 11 is 0. The zero-order valence-electron chi connectivity index (χ0n) is 17.8. The molecule has 2 aliphatic rings. The molecular weight excluding hydrogens is 376 g/mol. The first-order chi connectivity index (χ1) is 14.6. The van der Waals surface area contributed by atoms with Gasteiger partial charge in [-0.05, 0) is 61.4 Å². The Labute approximate surface area is 178 Å². The normalized spacial score (nSPS) is 19.0. The Bertz CT molecular complexity index is 908. The number of carbonyl (C=O) groups excluding carboxylic acids is 2. The smallest absolute Gasteiger partial charge is 0.261 e. The van der Waals surface area contributed by atoms with Crippen molar-refractivity contribution in [2.24, 2.45) is 5.92 Å². The summed E-state index contributed by atoms with van der Waals surface area (Å²) in [5, 5.41) is 2.84. The number of hydrogen-bond donors (Lipinski definition) is 1. The molecule has 5 nitrogen and oxygen atoms in total. The van der Waals surface area contributed by atoms with E-state index in [-0.39, 0.29) is 23.8 Å². The lowest BCUT2D eigenvalue weighted by Crippen LogP contribution is -2.41. The molecule has 0 saturated heterocycles. The molecule has 2 aromatic rings. The second-order valence-electron chi connectivity index (χ2n) is 8.14. The van der Waals surface area contributed by atoms with Crippen molar-refractivity contribution < 1.29 is 14.3 Å². The number of amides is 2. The predicted octanol–water partition coefficient (Wildman–Crippen LogP) is 3.86. The molecule has 2 aromatic carbocycles. The van der Waals surface area contributed by atoms with Gasteiger partial charge in [0.05, 0.1) is 6.04 Å². The Balaban J connectivity index is 1.68. The molecule has 1 saturated carbocycles. The van der Waals surface area contributed by atoms with Gasteiger partial charge in [0.25, 0.3) is 5.91 Å². The fourth-order valence-corrected chi connectivity index (χ4v) is 4.24. The van der Waals surface area contributed by atoms with Gasteiger partial charge in [0.2, 0.25) is 5.91 Å². The number of hydrogen-bond acceptors (Lipinski definition) is 3. The summed E-state index contributed by atoms with van der Waals surface area (Å²) in [6, 6.07) is 16.2. The number of likely N-dealkylation sites (N-methyl/N-ethyl adjacent to an activating group) is 1.